The first-order valence-corrected chi connectivity index (χ1v) is 9.30. The molecule has 2 aliphatic heterocycles. The lowest BCUT2D eigenvalue weighted by Crippen LogP contribution is -2.43. The zero-order valence-corrected chi connectivity index (χ0v) is 15.9. The van der Waals surface area contributed by atoms with Crippen LogP contribution in [0.3, 0.4) is 0 Å². The minimum Gasteiger partial charge on any atom is -0.486 e. The number of fused-ring (bicyclic) bond motifs is 1. The number of imide groups is 1. The molecule has 0 bridgehead atoms. The smallest absolute Gasteiger partial charge is 0.325 e. The number of nitrogens with one attached hydrogen (secondary N) is 1. The molecule has 1 saturated heterocycles. The summed E-state index contributed by atoms with van der Waals surface area (Å²) in [5.74, 6) is 0.149. The molecular formula is C20H18ClFN2O4. The van der Waals surface area contributed by atoms with Gasteiger partial charge in [0.25, 0.3) is 5.91 Å². The van der Waals surface area contributed by atoms with Gasteiger partial charge in [0, 0.05) is 0 Å². The van der Waals surface area contributed by atoms with Gasteiger partial charge in [-0.15, -0.1) is 0 Å². The van der Waals surface area contributed by atoms with Gasteiger partial charge in [0.05, 0.1) is 11.6 Å². The fraction of sp³-hybridized carbons (Fsp3) is 0.300. The Morgan fingerprint density at radius 2 is 1.89 bits per heavy atom. The number of nitrogens with zero attached hydrogens (tertiary/aromatic N) is 1. The zero-order chi connectivity index (χ0) is 19.9. The summed E-state index contributed by atoms with van der Waals surface area (Å²) in [6.07, 6.45) is 0.335. The lowest BCUT2D eigenvalue weighted by molar-refractivity contribution is -0.132. The van der Waals surface area contributed by atoms with Crippen LogP contribution in [0.25, 0.3) is 0 Å². The Bertz CT molecular complexity index is 950. The van der Waals surface area contributed by atoms with E-state index in [9.17, 15) is 14.0 Å². The van der Waals surface area contributed by atoms with E-state index >= 15 is 0 Å². The summed E-state index contributed by atoms with van der Waals surface area (Å²) in [7, 11) is 0. The number of carbonyl (C=O) groups excluding carboxylic acids is 2. The van der Waals surface area contributed by atoms with Crippen LogP contribution in [0, 0.1) is 5.82 Å². The third-order valence-corrected chi connectivity index (χ3v) is 5.32. The number of carbonyl (C=O) groups is 2. The third-order valence-electron chi connectivity index (χ3n) is 5.04. The van der Waals surface area contributed by atoms with Gasteiger partial charge < -0.3 is 14.8 Å². The molecule has 0 spiro atoms. The van der Waals surface area contributed by atoms with E-state index in [2.05, 4.69) is 5.32 Å². The highest BCUT2D eigenvalue weighted by atomic mass is 35.5. The number of hydrogen-bond donors (Lipinski definition) is 1. The molecule has 3 amide bonds. The fourth-order valence-corrected chi connectivity index (χ4v) is 3.87. The van der Waals surface area contributed by atoms with Crippen LogP contribution >= 0.6 is 11.6 Å². The van der Waals surface area contributed by atoms with E-state index in [-0.39, 0.29) is 6.54 Å². The van der Waals surface area contributed by atoms with Crippen LogP contribution in [0.15, 0.2) is 36.4 Å². The molecule has 0 aromatic heterocycles. The van der Waals surface area contributed by atoms with Crippen molar-refractivity contribution in [3.05, 3.63) is 58.4 Å². The van der Waals surface area contributed by atoms with Crippen molar-refractivity contribution in [2.24, 2.45) is 0 Å². The third kappa shape index (κ3) is 2.96. The molecule has 0 saturated carbocycles. The minimum absolute atomic E-state index is 0.0317. The molecule has 0 unspecified atom stereocenters. The first-order valence-electron chi connectivity index (χ1n) is 8.93. The number of amides is 3. The molecule has 6 nitrogen and oxygen atoms in total. The van der Waals surface area contributed by atoms with Crippen LogP contribution in [-0.2, 0) is 16.9 Å². The summed E-state index contributed by atoms with van der Waals surface area (Å²) in [6, 6.07) is 8.43. The van der Waals surface area contributed by atoms with E-state index in [0.717, 1.165) is 4.90 Å². The van der Waals surface area contributed by atoms with Gasteiger partial charge in [0.2, 0.25) is 0 Å². The molecule has 4 rings (SSSR count). The second kappa shape index (κ2) is 6.98. The first kappa shape index (κ1) is 18.6. The first-order chi connectivity index (χ1) is 13.4. The van der Waals surface area contributed by atoms with Crippen molar-refractivity contribution < 1.29 is 23.5 Å². The molecule has 1 atom stereocenters. The summed E-state index contributed by atoms with van der Waals surface area (Å²) < 4.78 is 24.3. The lowest BCUT2D eigenvalue weighted by Gasteiger charge is -2.26. The SMILES string of the molecule is CC[C@@]1(c2ccc(F)cc2)NC(=O)N(Cc2cc(Cl)c3c(c2)OCCO3)C1=O. The Kier molecular flexibility index (Phi) is 4.63. The van der Waals surface area contributed by atoms with Gasteiger partial charge in [-0.05, 0) is 41.8 Å². The fourth-order valence-electron chi connectivity index (χ4n) is 3.58. The van der Waals surface area contributed by atoms with Crippen molar-refractivity contribution >= 4 is 23.5 Å². The predicted molar refractivity (Wildman–Crippen MR) is 99.9 cm³/mol. The van der Waals surface area contributed by atoms with Gasteiger partial charge in [-0.3, -0.25) is 9.69 Å². The molecule has 146 valence electrons. The quantitative estimate of drug-likeness (QED) is 0.790. The Balaban J connectivity index is 1.64. The minimum atomic E-state index is -1.22. The van der Waals surface area contributed by atoms with Gasteiger partial charge in [-0.25, -0.2) is 9.18 Å². The second-order valence-electron chi connectivity index (χ2n) is 6.69. The van der Waals surface area contributed by atoms with E-state index in [1.807, 2.05) is 0 Å². The Morgan fingerprint density at radius 3 is 2.61 bits per heavy atom. The van der Waals surface area contributed by atoms with E-state index < -0.39 is 23.3 Å². The maximum Gasteiger partial charge on any atom is 0.325 e. The summed E-state index contributed by atoms with van der Waals surface area (Å²) >= 11 is 6.26. The van der Waals surface area contributed by atoms with E-state index in [0.29, 0.717) is 47.3 Å². The topological polar surface area (TPSA) is 67.9 Å². The highest BCUT2D eigenvalue weighted by Gasteiger charge is 2.51. The number of urea groups is 1. The Morgan fingerprint density at radius 1 is 1.18 bits per heavy atom. The van der Waals surface area contributed by atoms with E-state index in [1.54, 1.807) is 19.1 Å². The normalized spacial score (nSPS) is 21.0. The van der Waals surface area contributed by atoms with Crippen LogP contribution in [0.4, 0.5) is 9.18 Å². The monoisotopic (exact) mass is 404 g/mol. The molecule has 28 heavy (non-hydrogen) atoms. The molecule has 1 fully saturated rings. The van der Waals surface area contributed by atoms with Crippen molar-refractivity contribution in [1.29, 1.82) is 0 Å². The molecule has 2 aliphatic rings. The van der Waals surface area contributed by atoms with E-state index in [1.165, 1.54) is 24.3 Å². The van der Waals surface area contributed by atoms with Gasteiger partial charge in [0.1, 0.15) is 24.6 Å². The second-order valence-corrected chi connectivity index (χ2v) is 7.10. The van der Waals surface area contributed by atoms with Crippen molar-refractivity contribution in [1.82, 2.24) is 10.2 Å². The molecule has 8 heteroatoms. The summed E-state index contributed by atoms with van der Waals surface area (Å²) in [5.41, 5.74) is -0.0382. The van der Waals surface area contributed by atoms with Gasteiger partial charge in [0.15, 0.2) is 11.5 Å². The van der Waals surface area contributed by atoms with Gasteiger partial charge >= 0.3 is 6.03 Å². The molecule has 1 N–H and O–H groups in total. The van der Waals surface area contributed by atoms with Crippen molar-refractivity contribution in [2.45, 2.75) is 25.4 Å². The van der Waals surface area contributed by atoms with Crippen LogP contribution in [-0.4, -0.2) is 30.1 Å². The number of ether oxygens (including phenoxy) is 2. The average Bonchev–Trinajstić information content (AvgIpc) is 2.94. The molecular weight excluding hydrogens is 387 g/mol. The van der Waals surface area contributed by atoms with Crippen molar-refractivity contribution in [2.75, 3.05) is 13.2 Å². The highest BCUT2D eigenvalue weighted by Crippen LogP contribution is 2.39. The molecule has 2 heterocycles. The highest BCUT2D eigenvalue weighted by molar-refractivity contribution is 6.32. The predicted octanol–water partition coefficient (Wildman–Crippen LogP) is 3.61. The van der Waals surface area contributed by atoms with Crippen LogP contribution in [0.2, 0.25) is 5.02 Å². The summed E-state index contributed by atoms with van der Waals surface area (Å²) in [4.78, 5) is 26.9. The molecule has 2 aromatic carbocycles. The number of rotatable bonds is 4. The maximum absolute atomic E-state index is 13.3. The van der Waals surface area contributed by atoms with Crippen LogP contribution in [0.5, 0.6) is 11.5 Å². The number of benzene rings is 2. The maximum atomic E-state index is 13.3. The molecule has 0 radical (unpaired) electrons. The summed E-state index contributed by atoms with van der Waals surface area (Å²) in [6.45, 7) is 2.64. The average molecular weight is 405 g/mol. The summed E-state index contributed by atoms with van der Waals surface area (Å²) in [5, 5.41) is 3.14. The number of halogens is 2. The Labute approximate surface area is 166 Å². The Hall–Kier alpha value is -2.80. The zero-order valence-electron chi connectivity index (χ0n) is 15.1. The van der Waals surface area contributed by atoms with E-state index in [4.69, 9.17) is 21.1 Å². The van der Waals surface area contributed by atoms with Crippen molar-refractivity contribution in [3.63, 3.8) is 0 Å². The lowest BCUT2D eigenvalue weighted by atomic mass is 9.87. The van der Waals surface area contributed by atoms with Crippen LogP contribution in [0.1, 0.15) is 24.5 Å². The van der Waals surface area contributed by atoms with Crippen molar-refractivity contribution in [3.8, 4) is 11.5 Å². The number of hydrogen-bond acceptors (Lipinski definition) is 4. The molecule has 0 aliphatic carbocycles. The largest absolute Gasteiger partial charge is 0.486 e. The van der Waals surface area contributed by atoms with Gasteiger partial charge in [-0.1, -0.05) is 30.7 Å². The standard InChI is InChI=1S/C20H18ClFN2O4/c1-2-20(13-3-5-14(22)6-4-13)18(25)24(19(26)23-20)11-12-9-15(21)17-16(10-12)27-7-8-28-17/h3-6,9-10H,2,7-8,11H2,1H3,(H,23,26)/t20-/m0/s1. The molecule has 2 aromatic rings. The van der Waals surface area contributed by atoms with Gasteiger partial charge in [-0.2, -0.15) is 0 Å². The van der Waals surface area contributed by atoms with Crippen LogP contribution < -0.4 is 14.8 Å².